The van der Waals surface area contributed by atoms with Crippen LogP contribution in [0.2, 0.25) is 0 Å². The fourth-order valence-corrected chi connectivity index (χ4v) is 3.73. The molecule has 0 saturated heterocycles. The Bertz CT molecular complexity index is 1400. The summed E-state index contributed by atoms with van der Waals surface area (Å²) in [6.07, 6.45) is 1.57. The van der Waals surface area contributed by atoms with Gasteiger partial charge in [-0.2, -0.15) is 5.10 Å². The van der Waals surface area contributed by atoms with Crippen LogP contribution in [0.5, 0.6) is 11.5 Å². The van der Waals surface area contributed by atoms with E-state index in [0.29, 0.717) is 18.1 Å². The highest BCUT2D eigenvalue weighted by Gasteiger charge is 2.16. The largest absolute Gasteiger partial charge is 0.488 e. The molecule has 4 rings (SSSR count). The molecule has 0 bridgehead atoms. The zero-order chi connectivity index (χ0) is 26.0. The van der Waals surface area contributed by atoms with Crippen molar-refractivity contribution >= 4 is 28.8 Å². The van der Waals surface area contributed by atoms with E-state index in [1.54, 1.807) is 19.2 Å². The zero-order valence-electron chi connectivity index (χ0n) is 20.8. The number of hydrogen-bond donors (Lipinski definition) is 2. The first-order valence-corrected chi connectivity index (χ1v) is 12.0. The Balaban J connectivity index is 1.37. The van der Waals surface area contributed by atoms with Crippen molar-refractivity contribution in [2.24, 2.45) is 5.10 Å². The van der Waals surface area contributed by atoms with Crippen molar-refractivity contribution in [3.8, 4) is 11.5 Å². The van der Waals surface area contributed by atoms with E-state index in [4.69, 9.17) is 9.47 Å². The van der Waals surface area contributed by atoms with E-state index in [1.165, 1.54) is 0 Å². The molecule has 2 N–H and O–H groups in total. The Morgan fingerprint density at radius 3 is 2.51 bits per heavy atom. The first kappa shape index (κ1) is 25.4. The highest BCUT2D eigenvalue weighted by Crippen LogP contribution is 2.27. The zero-order valence-corrected chi connectivity index (χ0v) is 20.8. The highest BCUT2D eigenvalue weighted by atomic mass is 16.5. The molecule has 0 radical (unpaired) electrons. The second kappa shape index (κ2) is 12.4. The lowest BCUT2D eigenvalue weighted by Crippen LogP contribution is -2.45. The summed E-state index contributed by atoms with van der Waals surface area (Å²) >= 11 is 0. The van der Waals surface area contributed by atoms with Gasteiger partial charge in [-0.25, -0.2) is 5.43 Å². The summed E-state index contributed by atoms with van der Waals surface area (Å²) in [5.41, 5.74) is 5.33. The lowest BCUT2D eigenvalue weighted by molar-refractivity contribution is -0.129. The minimum Gasteiger partial charge on any atom is -0.488 e. The van der Waals surface area contributed by atoms with Crippen molar-refractivity contribution < 1.29 is 19.1 Å². The summed E-state index contributed by atoms with van der Waals surface area (Å²) in [7, 11) is 0. The number of benzene rings is 4. The predicted octanol–water partition coefficient (Wildman–Crippen LogP) is 4.76. The van der Waals surface area contributed by atoms with Crippen LogP contribution in [-0.4, -0.2) is 30.7 Å². The Labute approximate surface area is 216 Å². The van der Waals surface area contributed by atoms with Gasteiger partial charge in [-0.15, -0.1) is 0 Å². The first-order valence-electron chi connectivity index (χ1n) is 12.0. The van der Waals surface area contributed by atoms with Gasteiger partial charge in [0.25, 0.3) is 11.8 Å². The number of hydrogen-bond acceptors (Lipinski definition) is 5. The van der Waals surface area contributed by atoms with Gasteiger partial charge >= 0.3 is 0 Å². The lowest BCUT2D eigenvalue weighted by Gasteiger charge is -2.14. The molecule has 0 aliphatic heterocycles. The molecule has 7 heteroatoms. The van der Waals surface area contributed by atoms with Gasteiger partial charge in [0.2, 0.25) is 0 Å². The molecular formula is C30H29N3O4. The van der Waals surface area contributed by atoms with Gasteiger partial charge in [-0.3, -0.25) is 9.59 Å². The second-order valence-corrected chi connectivity index (χ2v) is 8.60. The molecule has 0 aliphatic rings. The van der Waals surface area contributed by atoms with Gasteiger partial charge in [-0.05, 0) is 53.9 Å². The maximum atomic E-state index is 12.5. The number of rotatable bonds is 10. The third-order valence-corrected chi connectivity index (χ3v) is 5.67. The average Bonchev–Trinajstić information content (AvgIpc) is 2.91. The normalized spacial score (nSPS) is 11.7. The third-order valence-electron chi connectivity index (χ3n) is 5.67. The van der Waals surface area contributed by atoms with E-state index in [9.17, 15) is 9.59 Å². The highest BCUT2D eigenvalue weighted by molar-refractivity contribution is 6.02. The number of nitrogens with zero attached hydrogens (tertiary/aromatic N) is 1. The Morgan fingerprint density at radius 2 is 1.70 bits per heavy atom. The van der Waals surface area contributed by atoms with Crippen molar-refractivity contribution in [2.45, 2.75) is 26.5 Å². The Hall–Kier alpha value is -4.65. The summed E-state index contributed by atoms with van der Waals surface area (Å²) in [6, 6.07) is 28.2. The van der Waals surface area contributed by atoms with Gasteiger partial charge in [0.1, 0.15) is 24.1 Å². The van der Waals surface area contributed by atoms with Gasteiger partial charge in [0, 0.05) is 5.56 Å². The SMILES string of the molecule is Cc1cccc(OCC(=O)N[C@@H](C)C(=O)N/N=C\c2c(OCc3ccccc3)ccc3ccccc23)c1. The van der Waals surface area contributed by atoms with Gasteiger partial charge < -0.3 is 14.8 Å². The molecule has 37 heavy (non-hydrogen) atoms. The molecule has 4 aromatic carbocycles. The summed E-state index contributed by atoms with van der Waals surface area (Å²) in [6.45, 7) is 3.74. The standard InChI is InChI=1S/C30H29N3O4/c1-21-9-8-13-25(17-21)36-20-29(34)32-22(2)30(35)33-31-18-27-26-14-7-6-12-24(26)15-16-28(27)37-19-23-10-4-3-5-11-23/h3-18,22H,19-20H2,1-2H3,(H,32,34)(H,33,35)/b31-18-/t22-/m0/s1. The van der Waals surface area contributed by atoms with Crippen molar-refractivity contribution in [1.82, 2.24) is 10.7 Å². The Morgan fingerprint density at radius 1 is 0.919 bits per heavy atom. The monoisotopic (exact) mass is 495 g/mol. The maximum absolute atomic E-state index is 12.5. The van der Waals surface area contributed by atoms with Crippen LogP contribution in [0.3, 0.4) is 0 Å². The number of amides is 2. The molecule has 0 aromatic heterocycles. The van der Waals surface area contributed by atoms with Crippen LogP contribution in [-0.2, 0) is 16.2 Å². The first-order chi connectivity index (χ1) is 18.0. The van der Waals surface area contributed by atoms with Crippen LogP contribution in [0.15, 0.2) is 96.1 Å². The maximum Gasteiger partial charge on any atom is 0.262 e. The van der Waals surface area contributed by atoms with Crippen LogP contribution in [0.25, 0.3) is 10.8 Å². The quantitative estimate of drug-likeness (QED) is 0.245. The fourth-order valence-electron chi connectivity index (χ4n) is 3.73. The smallest absolute Gasteiger partial charge is 0.262 e. The van der Waals surface area contributed by atoms with E-state index in [0.717, 1.165) is 27.5 Å². The van der Waals surface area contributed by atoms with Crippen LogP contribution in [0, 0.1) is 6.92 Å². The number of carbonyl (C=O) groups is 2. The van der Waals surface area contributed by atoms with Crippen LogP contribution in [0.4, 0.5) is 0 Å². The molecule has 2 amide bonds. The van der Waals surface area contributed by atoms with Crippen LogP contribution >= 0.6 is 0 Å². The van der Waals surface area contributed by atoms with Crippen LogP contribution < -0.4 is 20.2 Å². The van der Waals surface area contributed by atoms with E-state index in [2.05, 4.69) is 15.8 Å². The van der Waals surface area contributed by atoms with Crippen molar-refractivity contribution in [3.63, 3.8) is 0 Å². The molecule has 4 aromatic rings. The minimum atomic E-state index is -0.799. The molecule has 0 spiro atoms. The van der Waals surface area contributed by atoms with E-state index >= 15 is 0 Å². The predicted molar refractivity (Wildman–Crippen MR) is 145 cm³/mol. The number of nitrogens with one attached hydrogen (secondary N) is 2. The number of aryl methyl sites for hydroxylation is 1. The summed E-state index contributed by atoms with van der Waals surface area (Å²) in [4.78, 5) is 24.8. The van der Waals surface area contributed by atoms with Crippen LogP contribution in [0.1, 0.15) is 23.6 Å². The molecule has 0 aliphatic carbocycles. The molecule has 0 heterocycles. The topological polar surface area (TPSA) is 89.0 Å². The fraction of sp³-hybridized carbons (Fsp3) is 0.167. The van der Waals surface area contributed by atoms with Gasteiger partial charge in [0.15, 0.2) is 6.61 Å². The molecule has 0 unspecified atom stereocenters. The number of carbonyl (C=O) groups excluding carboxylic acids is 2. The van der Waals surface area contributed by atoms with Crippen molar-refractivity contribution in [2.75, 3.05) is 6.61 Å². The number of hydrazone groups is 1. The van der Waals surface area contributed by atoms with Gasteiger partial charge in [-0.1, -0.05) is 72.8 Å². The summed E-state index contributed by atoms with van der Waals surface area (Å²) in [5, 5.41) is 8.74. The van der Waals surface area contributed by atoms with E-state index < -0.39 is 17.9 Å². The minimum absolute atomic E-state index is 0.192. The third kappa shape index (κ3) is 7.18. The molecular weight excluding hydrogens is 466 g/mol. The van der Waals surface area contributed by atoms with E-state index in [1.807, 2.05) is 91.9 Å². The second-order valence-electron chi connectivity index (χ2n) is 8.60. The summed E-state index contributed by atoms with van der Waals surface area (Å²) < 4.78 is 11.6. The average molecular weight is 496 g/mol. The lowest BCUT2D eigenvalue weighted by atomic mass is 10.0. The van der Waals surface area contributed by atoms with Crippen molar-refractivity contribution in [1.29, 1.82) is 0 Å². The summed E-state index contributed by atoms with van der Waals surface area (Å²) in [5.74, 6) is 0.387. The van der Waals surface area contributed by atoms with Crippen molar-refractivity contribution in [3.05, 3.63) is 108 Å². The van der Waals surface area contributed by atoms with E-state index in [-0.39, 0.29) is 6.61 Å². The van der Waals surface area contributed by atoms with Gasteiger partial charge in [0.05, 0.1) is 6.21 Å². The number of fused-ring (bicyclic) bond motifs is 1. The molecule has 1 atom stereocenters. The molecule has 188 valence electrons. The molecule has 0 fully saturated rings. The number of ether oxygens (including phenoxy) is 2. The molecule has 0 saturated carbocycles. The Kier molecular flexibility index (Phi) is 8.49. The molecule has 7 nitrogen and oxygen atoms in total.